The number of alkyl halides is 3. The zero-order chi connectivity index (χ0) is 29.7. The van der Waals surface area contributed by atoms with Crippen LogP contribution in [0, 0.1) is 11.6 Å². The Kier molecular flexibility index (Phi) is 10.4. The summed E-state index contributed by atoms with van der Waals surface area (Å²) in [6, 6.07) is 6.88. The van der Waals surface area contributed by atoms with E-state index < -0.39 is 35.7 Å². The van der Waals surface area contributed by atoms with Gasteiger partial charge in [0, 0.05) is 68.2 Å². The van der Waals surface area contributed by atoms with E-state index in [1.165, 1.54) is 30.0 Å². The third kappa shape index (κ3) is 8.24. The molecular formula is C27H31ClF5N5O2S. The molecular weight excluding hydrogens is 589 g/mol. The number of carbonyl (C=O) groups excluding carboxylic acids is 2. The van der Waals surface area contributed by atoms with Crippen molar-refractivity contribution in [1.82, 2.24) is 15.5 Å². The first-order valence-electron chi connectivity index (χ1n) is 13.2. The lowest BCUT2D eigenvalue weighted by Gasteiger charge is -2.41. The molecule has 2 atom stereocenters. The van der Waals surface area contributed by atoms with E-state index >= 15 is 0 Å². The molecule has 7 nitrogen and oxygen atoms in total. The Morgan fingerprint density at radius 1 is 1.15 bits per heavy atom. The van der Waals surface area contributed by atoms with Crippen molar-refractivity contribution >= 4 is 46.6 Å². The number of thioether (sulfide) groups is 1. The second-order valence-corrected chi connectivity index (χ2v) is 11.7. The van der Waals surface area contributed by atoms with Crippen molar-refractivity contribution in [2.45, 2.75) is 37.4 Å². The normalized spacial score (nSPS) is 20.1. The van der Waals surface area contributed by atoms with Gasteiger partial charge in [-0.05, 0) is 31.2 Å². The predicted octanol–water partition coefficient (Wildman–Crippen LogP) is 4.65. The highest BCUT2D eigenvalue weighted by Crippen LogP contribution is 2.32. The van der Waals surface area contributed by atoms with Crippen molar-refractivity contribution in [3.8, 4) is 0 Å². The van der Waals surface area contributed by atoms with E-state index in [1.807, 2.05) is 11.8 Å². The van der Waals surface area contributed by atoms with Gasteiger partial charge < -0.3 is 20.9 Å². The van der Waals surface area contributed by atoms with E-state index in [2.05, 4.69) is 16.0 Å². The maximum atomic E-state index is 15.0. The number of nitrogens with one attached hydrogen (secondary N) is 3. The fraction of sp³-hybridized carbons (Fsp3) is 0.481. The van der Waals surface area contributed by atoms with Gasteiger partial charge in [-0.1, -0.05) is 17.7 Å². The molecule has 224 valence electrons. The average Bonchev–Trinajstić information content (AvgIpc) is 2.93. The summed E-state index contributed by atoms with van der Waals surface area (Å²) in [5.74, 6) is -2.97. The van der Waals surface area contributed by atoms with Crippen molar-refractivity contribution in [3.05, 3.63) is 58.1 Å². The van der Waals surface area contributed by atoms with Crippen molar-refractivity contribution < 1.29 is 31.5 Å². The maximum absolute atomic E-state index is 15.0. The van der Waals surface area contributed by atoms with Gasteiger partial charge in [-0.2, -0.15) is 13.2 Å². The third-order valence-corrected chi connectivity index (χ3v) is 8.53. The first-order valence-corrected chi connectivity index (χ1v) is 14.6. The number of carbonyl (C=O) groups is 2. The number of rotatable bonds is 8. The number of hydrogen-bond acceptors (Lipinski definition) is 6. The Balaban J connectivity index is 1.43. The molecule has 0 bridgehead atoms. The zero-order valence-corrected chi connectivity index (χ0v) is 23.9. The molecule has 14 heteroatoms. The summed E-state index contributed by atoms with van der Waals surface area (Å²) in [4.78, 5) is 29.0. The molecule has 2 heterocycles. The highest BCUT2D eigenvalue weighted by molar-refractivity contribution is 8.00. The van der Waals surface area contributed by atoms with Crippen molar-refractivity contribution in [3.63, 3.8) is 0 Å². The summed E-state index contributed by atoms with van der Waals surface area (Å²) in [5, 5.41) is 8.39. The minimum atomic E-state index is -4.24. The van der Waals surface area contributed by atoms with Gasteiger partial charge in [0.25, 0.3) is 5.91 Å². The van der Waals surface area contributed by atoms with Crippen LogP contribution in [0.25, 0.3) is 0 Å². The van der Waals surface area contributed by atoms with Gasteiger partial charge in [-0.15, -0.1) is 11.8 Å². The van der Waals surface area contributed by atoms with Gasteiger partial charge in [0.05, 0.1) is 28.6 Å². The van der Waals surface area contributed by atoms with E-state index in [1.54, 1.807) is 11.0 Å². The Morgan fingerprint density at radius 3 is 2.61 bits per heavy atom. The van der Waals surface area contributed by atoms with Crippen LogP contribution in [0.2, 0.25) is 5.02 Å². The quantitative estimate of drug-likeness (QED) is 0.374. The molecule has 0 radical (unpaired) electrons. The fourth-order valence-electron chi connectivity index (χ4n) is 4.81. The van der Waals surface area contributed by atoms with Crippen LogP contribution in [-0.2, 0) is 11.3 Å². The van der Waals surface area contributed by atoms with E-state index in [9.17, 15) is 31.5 Å². The molecule has 2 fully saturated rings. The Labute approximate surface area is 244 Å². The van der Waals surface area contributed by atoms with Crippen LogP contribution in [0.3, 0.4) is 0 Å². The summed E-state index contributed by atoms with van der Waals surface area (Å²) >= 11 is 7.69. The van der Waals surface area contributed by atoms with Crippen LogP contribution in [0.15, 0.2) is 30.3 Å². The summed E-state index contributed by atoms with van der Waals surface area (Å²) in [5.41, 5.74) is 0.204. The number of amides is 2. The van der Waals surface area contributed by atoms with Gasteiger partial charge in [0.2, 0.25) is 5.91 Å². The molecule has 2 amide bonds. The first-order chi connectivity index (χ1) is 19.4. The SMILES string of the molecule is C[C@H]1CN(c2cc(Cl)ccc2NC(=O)c2ccc(CNC(=O)C3CNCCS3)c(F)c2F)CCN1CCC(F)(F)F. The topological polar surface area (TPSA) is 76.7 Å². The summed E-state index contributed by atoms with van der Waals surface area (Å²) in [6.07, 6.45) is -5.14. The predicted molar refractivity (Wildman–Crippen MR) is 151 cm³/mol. The summed E-state index contributed by atoms with van der Waals surface area (Å²) < 4.78 is 67.9. The lowest BCUT2D eigenvalue weighted by Crippen LogP contribution is -2.52. The highest BCUT2D eigenvalue weighted by Gasteiger charge is 2.32. The van der Waals surface area contributed by atoms with E-state index in [0.29, 0.717) is 42.6 Å². The smallest absolute Gasteiger partial charge is 0.367 e. The molecule has 41 heavy (non-hydrogen) atoms. The number of nitrogens with zero attached hydrogens (tertiary/aromatic N) is 2. The second kappa shape index (κ2) is 13.6. The Hall–Kier alpha value is -2.61. The number of benzene rings is 2. The van der Waals surface area contributed by atoms with Gasteiger partial charge in [-0.25, -0.2) is 8.78 Å². The van der Waals surface area contributed by atoms with E-state index in [4.69, 9.17) is 11.6 Å². The van der Waals surface area contributed by atoms with Gasteiger partial charge >= 0.3 is 6.18 Å². The highest BCUT2D eigenvalue weighted by atomic mass is 35.5. The molecule has 2 aliphatic heterocycles. The molecule has 2 aromatic carbocycles. The van der Waals surface area contributed by atoms with Gasteiger partial charge in [0.15, 0.2) is 11.6 Å². The van der Waals surface area contributed by atoms with Crippen LogP contribution < -0.4 is 20.9 Å². The molecule has 3 N–H and O–H groups in total. The molecule has 4 rings (SSSR count). The van der Waals surface area contributed by atoms with Crippen LogP contribution in [0.5, 0.6) is 0 Å². The van der Waals surface area contributed by atoms with Crippen molar-refractivity contribution in [1.29, 1.82) is 0 Å². The zero-order valence-electron chi connectivity index (χ0n) is 22.3. The molecule has 0 aliphatic carbocycles. The first kappa shape index (κ1) is 31.3. The summed E-state index contributed by atoms with van der Waals surface area (Å²) in [6.45, 7) is 3.89. The number of piperazine rings is 1. The molecule has 2 aliphatic rings. The van der Waals surface area contributed by atoms with Gasteiger partial charge in [-0.3, -0.25) is 14.5 Å². The lowest BCUT2D eigenvalue weighted by atomic mass is 10.1. The minimum Gasteiger partial charge on any atom is -0.367 e. The fourth-order valence-corrected chi connectivity index (χ4v) is 5.99. The van der Waals surface area contributed by atoms with Crippen molar-refractivity contribution in [2.75, 3.05) is 55.2 Å². The molecule has 0 aromatic heterocycles. The number of anilines is 2. The molecule has 0 spiro atoms. The molecule has 2 saturated heterocycles. The lowest BCUT2D eigenvalue weighted by molar-refractivity contribution is -0.139. The van der Waals surface area contributed by atoms with Crippen LogP contribution in [-0.4, -0.2) is 79.2 Å². The van der Waals surface area contributed by atoms with Gasteiger partial charge in [0.1, 0.15) is 0 Å². The minimum absolute atomic E-state index is 0.0919. The van der Waals surface area contributed by atoms with Crippen LogP contribution in [0.1, 0.15) is 29.3 Å². The van der Waals surface area contributed by atoms with E-state index in [-0.39, 0.29) is 35.9 Å². The maximum Gasteiger partial charge on any atom is 0.390 e. The Bertz CT molecular complexity index is 1260. The Morgan fingerprint density at radius 2 is 1.93 bits per heavy atom. The third-order valence-electron chi connectivity index (χ3n) is 7.08. The van der Waals surface area contributed by atoms with E-state index in [0.717, 1.165) is 18.4 Å². The summed E-state index contributed by atoms with van der Waals surface area (Å²) in [7, 11) is 0. The molecule has 0 saturated carbocycles. The number of hydrogen-bond donors (Lipinski definition) is 3. The second-order valence-electron chi connectivity index (χ2n) is 9.99. The van der Waals surface area contributed by atoms with Crippen LogP contribution in [0.4, 0.5) is 33.3 Å². The largest absolute Gasteiger partial charge is 0.390 e. The monoisotopic (exact) mass is 619 g/mol. The average molecular weight is 620 g/mol. The van der Waals surface area contributed by atoms with Crippen molar-refractivity contribution in [2.24, 2.45) is 0 Å². The number of halogens is 6. The molecule has 1 unspecified atom stereocenters. The standard InChI is InChI=1S/C27H31ClF5N5O2S/c1-16-15-38(10-9-37(16)8-6-27(31,32)33)21-12-18(28)3-5-20(21)36-25(39)19-4-2-17(23(29)24(19)30)13-35-26(40)22-14-34-7-11-41-22/h2-5,12,16,22,34H,6-11,13-15H2,1H3,(H,35,40)(H,36,39)/t16-,22?/m0/s1. The molecule has 2 aromatic rings. The van der Waals surface area contributed by atoms with Crippen LogP contribution >= 0.6 is 23.4 Å².